The highest BCUT2D eigenvalue weighted by atomic mass is 79.9. The third kappa shape index (κ3) is 4.65. The van der Waals surface area contributed by atoms with E-state index in [9.17, 15) is 10.2 Å². The third-order valence-corrected chi connectivity index (χ3v) is 4.67. The molecule has 0 amide bonds. The van der Waals surface area contributed by atoms with Crippen molar-refractivity contribution >= 4 is 27.5 Å². The van der Waals surface area contributed by atoms with Gasteiger partial charge in [0.05, 0.1) is 25.4 Å². The summed E-state index contributed by atoms with van der Waals surface area (Å²) in [5.74, 6) is 0. The molecule has 1 aromatic rings. The number of aliphatic hydroxyl groups is 2. The van der Waals surface area contributed by atoms with Gasteiger partial charge in [0.2, 0.25) is 0 Å². The average molecular weight is 379 g/mol. The summed E-state index contributed by atoms with van der Waals surface area (Å²) >= 11 is 9.52. The number of hydrogen-bond donors (Lipinski definition) is 2. The molecule has 0 aliphatic carbocycles. The van der Waals surface area contributed by atoms with Gasteiger partial charge in [-0.15, -0.1) is 0 Å². The topological polar surface area (TPSA) is 52.9 Å². The van der Waals surface area contributed by atoms with Crippen LogP contribution in [0.2, 0.25) is 5.02 Å². The quantitative estimate of drug-likeness (QED) is 0.827. The number of nitrogens with zero attached hydrogens (tertiary/aromatic N) is 1. The van der Waals surface area contributed by atoms with Crippen LogP contribution in [-0.4, -0.2) is 53.6 Å². The predicted octanol–water partition coefficient (Wildman–Crippen LogP) is 2.61. The molecule has 1 saturated heterocycles. The lowest BCUT2D eigenvalue weighted by molar-refractivity contribution is -0.0800. The molecule has 1 aliphatic rings. The standard InChI is InChI=1S/C15H21BrClNO3/c1-10-9-21-12(8-19)7-18(10)5-4-15(20)13-3-2-11(16)6-14(13)17/h2-3,6,10,12,15,19-20H,4-5,7-9H2,1H3. The van der Waals surface area contributed by atoms with Gasteiger partial charge < -0.3 is 14.9 Å². The molecular weight excluding hydrogens is 358 g/mol. The molecule has 21 heavy (non-hydrogen) atoms. The maximum Gasteiger partial charge on any atom is 0.0933 e. The van der Waals surface area contributed by atoms with Crippen LogP contribution in [0.5, 0.6) is 0 Å². The van der Waals surface area contributed by atoms with E-state index in [0.29, 0.717) is 30.6 Å². The second-order valence-corrected chi connectivity index (χ2v) is 6.78. The second kappa shape index (κ2) is 7.90. The van der Waals surface area contributed by atoms with E-state index in [2.05, 4.69) is 27.8 Å². The number of morpholine rings is 1. The van der Waals surface area contributed by atoms with Gasteiger partial charge in [0, 0.05) is 28.6 Å². The van der Waals surface area contributed by atoms with E-state index in [4.69, 9.17) is 16.3 Å². The van der Waals surface area contributed by atoms with Crippen LogP contribution in [0, 0.1) is 0 Å². The van der Waals surface area contributed by atoms with Crippen LogP contribution in [0.1, 0.15) is 25.0 Å². The molecule has 2 rings (SSSR count). The van der Waals surface area contributed by atoms with Crippen LogP contribution in [0.25, 0.3) is 0 Å². The third-order valence-electron chi connectivity index (χ3n) is 3.85. The van der Waals surface area contributed by atoms with Crippen molar-refractivity contribution in [1.29, 1.82) is 0 Å². The Morgan fingerprint density at radius 1 is 1.52 bits per heavy atom. The number of benzene rings is 1. The minimum absolute atomic E-state index is 0.0321. The van der Waals surface area contributed by atoms with E-state index >= 15 is 0 Å². The normalized spacial score (nSPS) is 25.0. The van der Waals surface area contributed by atoms with Crippen molar-refractivity contribution in [3.05, 3.63) is 33.3 Å². The molecule has 3 atom stereocenters. The molecule has 0 spiro atoms. The molecular formula is C15H21BrClNO3. The lowest BCUT2D eigenvalue weighted by atomic mass is 10.1. The molecule has 0 saturated carbocycles. The summed E-state index contributed by atoms with van der Waals surface area (Å²) in [5, 5.41) is 20.1. The molecule has 1 aliphatic heterocycles. The van der Waals surface area contributed by atoms with Gasteiger partial charge in [-0.3, -0.25) is 4.90 Å². The van der Waals surface area contributed by atoms with Crippen molar-refractivity contribution in [2.75, 3.05) is 26.3 Å². The van der Waals surface area contributed by atoms with E-state index in [1.54, 1.807) is 6.07 Å². The minimum atomic E-state index is -0.590. The summed E-state index contributed by atoms with van der Waals surface area (Å²) in [4.78, 5) is 2.24. The van der Waals surface area contributed by atoms with Crippen LogP contribution >= 0.6 is 27.5 Å². The first-order valence-corrected chi connectivity index (χ1v) is 8.28. The van der Waals surface area contributed by atoms with Crippen molar-refractivity contribution in [2.45, 2.75) is 31.6 Å². The van der Waals surface area contributed by atoms with E-state index in [1.165, 1.54) is 0 Å². The molecule has 1 heterocycles. The fraction of sp³-hybridized carbons (Fsp3) is 0.600. The van der Waals surface area contributed by atoms with Gasteiger partial charge in [-0.1, -0.05) is 33.6 Å². The Balaban J connectivity index is 1.92. The second-order valence-electron chi connectivity index (χ2n) is 5.45. The number of aliphatic hydroxyl groups excluding tert-OH is 2. The average Bonchev–Trinajstić information content (AvgIpc) is 2.46. The fourth-order valence-corrected chi connectivity index (χ4v) is 3.31. The van der Waals surface area contributed by atoms with Crippen molar-refractivity contribution in [3.63, 3.8) is 0 Å². The smallest absolute Gasteiger partial charge is 0.0933 e. The van der Waals surface area contributed by atoms with Gasteiger partial charge in [-0.05, 0) is 31.0 Å². The Morgan fingerprint density at radius 2 is 2.29 bits per heavy atom. The van der Waals surface area contributed by atoms with Gasteiger partial charge in [0.1, 0.15) is 0 Å². The summed E-state index contributed by atoms with van der Waals surface area (Å²) < 4.78 is 6.41. The number of ether oxygens (including phenoxy) is 1. The minimum Gasteiger partial charge on any atom is -0.394 e. The first-order valence-electron chi connectivity index (χ1n) is 7.10. The number of halogens is 2. The van der Waals surface area contributed by atoms with Crippen LogP contribution in [0.3, 0.4) is 0 Å². The Hall–Kier alpha value is -0.170. The van der Waals surface area contributed by atoms with Crippen LogP contribution < -0.4 is 0 Å². The molecule has 3 unspecified atom stereocenters. The molecule has 2 N–H and O–H groups in total. The molecule has 118 valence electrons. The van der Waals surface area contributed by atoms with Gasteiger partial charge in [-0.25, -0.2) is 0 Å². The maximum absolute atomic E-state index is 10.3. The summed E-state index contributed by atoms with van der Waals surface area (Å²) in [5.41, 5.74) is 0.750. The van der Waals surface area contributed by atoms with Crippen molar-refractivity contribution in [2.24, 2.45) is 0 Å². The Labute approximate surface area is 138 Å². The predicted molar refractivity (Wildman–Crippen MR) is 86.6 cm³/mol. The number of hydrogen-bond acceptors (Lipinski definition) is 4. The molecule has 1 fully saturated rings. The highest BCUT2D eigenvalue weighted by Gasteiger charge is 2.26. The molecule has 0 radical (unpaired) electrons. The van der Waals surface area contributed by atoms with Gasteiger partial charge in [0.15, 0.2) is 0 Å². The van der Waals surface area contributed by atoms with Crippen LogP contribution in [-0.2, 0) is 4.74 Å². The van der Waals surface area contributed by atoms with Gasteiger partial charge in [-0.2, -0.15) is 0 Å². The van der Waals surface area contributed by atoms with Crippen molar-refractivity contribution < 1.29 is 14.9 Å². The summed E-state index contributed by atoms with van der Waals surface area (Å²) in [6.07, 6.45) is -0.119. The first-order chi connectivity index (χ1) is 10.0. The first kappa shape index (κ1) is 17.2. The van der Waals surface area contributed by atoms with Crippen molar-refractivity contribution in [1.82, 2.24) is 4.90 Å². The molecule has 0 aromatic heterocycles. The van der Waals surface area contributed by atoms with Crippen LogP contribution in [0.4, 0.5) is 0 Å². The van der Waals surface area contributed by atoms with Gasteiger partial charge >= 0.3 is 0 Å². The fourth-order valence-electron chi connectivity index (χ4n) is 2.51. The molecule has 1 aromatic carbocycles. The van der Waals surface area contributed by atoms with Crippen LogP contribution in [0.15, 0.2) is 22.7 Å². The summed E-state index contributed by atoms with van der Waals surface area (Å²) in [6, 6.07) is 5.81. The van der Waals surface area contributed by atoms with E-state index < -0.39 is 6.10 Å². The van der Waals surface area contributed by atoms with E-state index in [1.807, 2.05) is 12.1 Å². The number of rotatable bonds is 5. The van der Waals surface area contributed by atoms with E-state index in [-0.39, 0.29) is 12.7 Å². The van der Waals surface area contributed by atoms with Crippen molar-refractivity contribution in [3.8, 4) is 0 Å². The SMILES string of the molecule is CC1COC(CO)CN1CCC(O)c1ccc(Br)cc1Cl. The molecule has 4 nitrogen and oxygen atoms in total. The van der Waals surface area contributed by atoms with E-state index in [0.717, 1.165) is 16.6 Å². The van der Waals surface area contributed by atoms with Gasteiger partial charge in [0.25, 0.3) is 0 Å². The highest BCUT2D eigenvalue weighted by Crippen LogP contribution is 2.28. The Kier molecular flexibility index (Phi) is 6.47. The maximum atomic E-state index is 10.3. The lowest BCUT2D eigenvalue weighted by Gasteiger charge is -2.37. The summed E-state index contributed by atoms with van der Waals surface area (Å²) in [6.45, 7) is 4.17. The lowest BCUT2D eigenvalue weighted by Crippen LogP contribution is -2.49. The highest BCUT2D eigenvalue weighted by molar-refractivity contribution is 9.10. The zero-order valence-electron chi connectivity index (χ0n) is 12.0. The Bertz CT molecular complexity index is 474. The monoisotopic (exact) mass is 377 g/mol. The zero-order chi connectivity index (χ0) is 15.4. The largest absolute Gasteiger partial charge is 0.394 e. The Morgan fingerprint density at radius 3 is 2.95 bits per heavy atom. The summed E-state index contributed by atoms with van der Waals surface area (Å²) in [7, 11) is 0. The zero-order valence-corrected chi connectivity index (χ0v) is 14.3. The molecule has 6 heteroatoms. The molecule has 0 bridgehead atoms.